The van der Waals surface area contributed by atoms with Crippen molar-refractivity contribution in [3.63, 3.8) is 0 Å². The van der Waals surface area contributed by atoms with Crippen molar-refractivity contribution in [1.82, 2.24) is 34.5 Å². The summed E-state index contributed by atoms with van der Waals surface area (Å²) in [5.74, 6) is -0.0546. The van der Waals surface area contributed by atoms with E-state index in [1.54, 1.807) is 29.6 Å². The maximum atomic E-state index is 14.9. The van der Waals surface area contributed by atoms with Crippen LogP contribution in [0.4, 0.5) is 21.6 Å². The molecule has 4 aliphatic rings. The van der Waals surface area contributed by atoms with Crippen LogP contribution in [0.1, 0.15) is 81.9 Å². The number of carbonyl (C=O) groups excluding carboxylic acids is 2. The maximum absolute atomic E-state index is 14.9. The maximum Gasteiger partial charge on any atom is 0.276 e. The molecular weight excluding hydrogens is 673 g/mol. The van der Waals surface area contributed by atoms with Crippen molar-refractivity contribution in [3.05, 3.63) is 78.5 Å². The first-order valence-corrected chi connectivity index (χ1v) is 18.7. The summed E-state index contributed by atoms with van der Waals surface area (Å²) in [5, 5.41) is 7.07. The molecule has 3 fully saturated rings. The fraction of sp³-hybridized carbons (Fsp3) is 0.450. The standard InChI is InChI=1S/C40H44FN9O3/c1-24(2)49-23-43-33-20-32(45-36(35(33)49)44-30-7-12-42-21-29(30)41)25-5-6-28-34(17-25)50(27-18-26(19-27)48-13-9-39(3,4)22-48)38(52)40(28)10-14-47(15-11-40)37(51)31-8-16-53-46-31/h5-8,12,16-17,20-21,23-24,26-27H,9-11,13-15,18-19,22H2,1-4H3,(H,42,44,45). The number of anilines is 3. The first-order chi connectivity index (χ1) is 25.5. The van der Waals surface area contributed by atoms with Crippen LogP contribution < -0.4 is 10.2 Å². The number of imidazole rings is 1. The molecule has 0 unspecified atom stereocenters. The fourth-order valence-corrected chi connectivity index (χ4v) is 9.00. The van der Waals surface area contributed by atoms with Gasteiger partial charge in [0, 0.05) is 61.3 Å². The molecule has 1 aromatic carbocycles. The Kier molecular flexibility index (Phi) is 7.91. The van der Waals surface area contributed by atoms with E-state index in [-0.39, 0.29) is 35.3 Å². The number of halogens is 1. The van der Waals surface area contributed by atoms with Gasteiger partial charge in [0.2, 0.25) is 5.91 Å². The summed E-state index contributed by atoms with van der Waals surface area (Å²) in [4.78, 5) is 48.2. The first-order valence-electron chi connectivity index (χ1n) is 18.7. The third-order valence-electron chi connectivity index (χ3n) is 12.1. The second-order valence-electron chi connectivity index (χ2n) is 16.3. The van der Waals surface area contributed by atoms with Crippen molar-refractivity contribution in [1.29, 1.82) is 0 Å². The Morgan fingerprint density at radius 2 is 1.85 bits per heavy atom. The van der Waals surface area contributed by atoms with Gasteiger partial charge < -0.3 is 24.2 Å². The number of likely N-dealkylation sites (tertiary alicyclic amines) is 2. The Bertz CT molecular complexity index is 2220. The molecule has 2 saturated heterocycles. The molecule has 13 heteroatoms. The lowest BCUT2D eigenvalue weighted by Crippen LogP contribution is -2.57. The number of carbonyl (C=O) groups is 2. The van der Waals surface area contributed by atoms with E-state index in [0.717, 1.165) is 53.8 Å². The van der Waals surface area contributed by atoms with Crippen LogP contribution in [0.15, 0.2) is 65.9 Å². The Labute approximate surface area is 307 Å². The van der Waals surface area contributed by atoms with Crippen LogP contribution in [-0.2, 0) is 10.2 Å². The highest BCUT2D eigenvalue weighted by molar-refractivity contribution is 6.09. The van der Waals surface area contributed by atoms with E-state index >= 15 is 0 Å². The van der Waals surface area contributed by atoms with Crippen LogP contribution in [0, 0.1) is 11.2 Å². The second kappa shape index (κ2) is 12.5. The topological polar surface area (TPSA) is 126 Å². The van der Waals surface area contributed by atoms with Gasteiger partial charge in [-0.15, -0.1) is 0 Å². The van der Waals surface area contributed by atoms with Gasteiger partial charge in [0.15, 0.2) is 17.3 Å². The first kappa shape index (κ1) is 33.7. The molecule has 0 radical (unpaired) electrons. The minimum Gasteiger partial charge on any atom is -0.364 e. The minimum absolute atomic E-state index is 0.0865. The third-order valence-corrected chi connectivity index (χ3v) is 12.1. The second-order valence-corrected chi connectivity index (χ2v) is 16.3. The number of hydrogen-bond acceptors (Lipinski definition) is 9. The summed E-state index contributed by atoms with van der Waals surface area (Å²) >= 11 is 0. The predicted molar refractivity (Wildman–Crippen MR) is 198 cm³/mol. The van der Waals surface area contributed by atoms with Crippen LogP contribution in [-0.4, -0.2) is 84.6 Å². The normalized spacial score (nSPS) is 22.2. The minimum atomic E-state index is -0.728. The van der Waals surface area contributed by atoms with E-state index in [4.69, 9.17) is 14.5 Å². The fourth-order valence-electron chi connectivity index (χ4n) is 9.00. The van der Waals surface area contributed by atoms with Gasteiger partial charge in [0.1, 0.15) is 11.8 Å². The van der Waals surface area contributed by atoms with E-state index in [9.17, 15) is 14.0 Å². The van der Waals surface area contributed by atoms with E-state index < -0.39 is 11.2 Å². The number of nitrogens with one attached hydrogen (secondary N) is 1. The Morgan fingerprint density at radius 1 is 1.04 bits per heavy atom. The Balaban J connectivity index is 1.09. The van der Waals surface area contributed by atoms with E-state index in [1.807, 2.05) is 16.7 Å². The van der Waals surface area contributed by atoms with Gasteiger partial charge >= 0.3 is 0 Å². The molecule has 5 aromatic rings. The molecule has 9 rings (SSSR count). The molecule has 7 heterocycles. The number of pyridine rings is 2. The number of fused-ring (bicyclic) bond motifs is 3. The number of aromatic nitrogens is 5. The van der Waals surface area contributed by atoms with Crippen molar-refractivity contribution < 1.29 is 18.5 Å². The molecule has 0 atom stereocenters. The lowest BCUT2D eigenvalue weighted by atomic mass is 9.73. The molecule has 12 nitrogen and oxygen atoms in total. The number of rotatable bonds is 7. The van der Waals surface area contributed by atoms with Gasteiger partial charge in [0.25, 0.3) is 5.91 Å². The highest BCUT2D eigenvalue weighted by atomic mass is 19.1. The van der Waals surface area contributed by atoms with Crippen LogP contribution in [0.2, 0.25) is 0 Å². The van der Waals surface area contributed by atoms with Gasteiger partial charge in [-0.25, -0.2) is 14.4 Å². The van der Waals surface area contributed by atoms with Crippen molar-refractivity contribution in [2.24, 2.45) is 5.41 Å². The molecule has 0 bridgehead atoms. The van der Waals surface area contributed by atoms with Crippen molar-refractivity contribution in [3.8, 4) is 11.3 Å². The number of nitrogens with zero attached hydrogens (tertiary/aromatic N) is 8. The van der Waals surface area contributed by atoms with Gasteiger partial charge in [0.05, 0.1) is 34.8 Å². The Hall–Kier alpha value is -5.17. The van der Waals surface area contributed by atoms with E-state index in [2.05, 4.69) is 65.1 Å². The summed E-state index contributed by atoms with van der Waals surface area (Å²) in [6, 6.07) is 12.0. The molecule has 274 valence electrons. The molecule has 2 amide bonds. The summed E-state index contributed by atoms with van der Waals surface area (Å²) in [6.07, 6.45) is 10.0. The molecule has 4 aromatic heterocycles. The number of benzene rings is 1. The van der Waals surface area contributed by atoms with Crippen molar-refractivity contribution in [2.75, 3.05) is 36.4 Å². The smallest absolute Gasteiger partial charge is 0.276 e. The van der Waals surface area contributed by atoms with Crippen molar-refractivity contribution in [2.45, 2.75) is 83.3 Å². The van der Waals surface area contributed by atoms with Gasteiger partial charge in [-0.2, -0.15) is 0 Å². The zero-order valence-electron chi connectivity index (χ0n) is 30.5. The average Bonchev–Trinajstić information content (AvgIpc) is 3.93. The molecule has 53 heavy (non-hydrogen) atoms. The summed E-state index contributed by atoms with van der Waals surface area (Å²) in [6.45, 7) is 11.9. The van der Waals surface area contributed by atoms with E-state index in [1.165, 1.54) is 18.9 Å². The summed E-state index contributed by atoms with van der Waals surface area (Å²) < 4.78 is 21.8. The number of amides is 2. The molecule has 1 aliphatic carbocycles. The van der Waals surface area contributed by atoms with Crippen molar-refractivity contribution >= 4 is 40.0 Å². The SMILES string of the molecule is CC(C)n1cnc2cc(-c3ccc4c(c3)N(C3CC(N5CCC(C)(C)C5)C3)C(=O)C43CCN(C(=O)c4ccon4)CC3)nc(Nc3ccncc3F)c21. The van der Waals surface area contributed by atoms with Crippen LogP contribution in [0.5, 0.6) is 0 Å². The monoisotopic (exact) mass is 717 g/mol. The highest BCUT2D eigenvalue weighted by Crippen LogP contribution is 2.52. The predicted octanol–water partition coefficient (Wildman–Crippen LogP) is 6.73. The highest BCUT2D eigenvalue weighted by Gasteiger charge is 2.56. The lowest BCUT2D eigenvalue weighted by molar-refractivity contribution is -0.125. The molecule has 1 spiro atoms. The lowest BCUT2D eigenvalue weighted by Gasteiger charge is -2.46. The molecule has 3 aliphatic heterocycles. The summed E-state index contributed by atoms with van der Waals surface area (Å²) in [5.41, 5.74) is 5.06. The van der Waals surface area contributed by atoms with Gasteiger partial charge in [-0.3, -0.25) is 19.5 Å². The Morgan fingerprint density at radius 3 is 2.55 bits per heavy atom. The largest absolute Gasteiger partial charge is 0.364 e. The number of piperidine rings is 1. The number of hydrogen-bond donors (Lipinski definition) is 1. The summed E-state index contributed by atoms with van der Waals surface area (Å²) in [7, 11) is 0. The zero-order chi connectivity index (χ0) is 36.6. The van der Waals surface area contributed by atoms with Gasteiger partial charge in [-0.05, 0) is 81.7 Å². The molecule has 1 N–H and O–H groups in total. The molecule has 1 saturated carbocycles. The molecular formula is C40H44FN9O3. The zero-order valence-corrected chi connectivity index (χ0v) is 30.5. The van der Waals surface area contributed by atoms with E-state index in [0.29, 0.717) is 48.9 Å². The van der Waals surface area contributed by atoms with Crippen LogP contribution >= 0.6 is 0 Å². The van der Waals surface area contributed by atoms with Gasteiger partial charge in [-0.1, -0.05) is 31.1 Å². The third kappa shape index (κ3) is 5.58. The average molecular weight is 718 g/mol. The van der Waals surface area contributed by atoms with Crippen LogP contribution in [0.25, 0.3) is 22.3 Å². The quantitative estimate of drug-likeness (QED) is 0.195. The van der Waals surface area contributed by atoms with Crippen LogP contribution in [0.3, 0.4) is 0 Å².